The van der Waals surface area contributed by atoms with Crippen molar-refractivity contribution in [3.8, 4) is 0 Å². The quantitative estimate of drug-likeness (QED) is 0.685. The molecule has 0 radical (unpaired) electrons. The van der Waals surface area contributed by atoms with Crippen molar-refractivity contribution >= 4 is 23.1 Å². The van der Waals surface area contributed by atoms with Gasteiger partial charge in [-0.15, -0.1) is 0 Å². The normalized spacial score (nSPS) is 17.9. The molecule has 0 saturated heterocycles. The molecule has 1 fully saturated rings. The minimum atomic E-state index is 0.124. The van der Waals surface area contributed by atoms with E-state index in [1.807, 2.05) is 6.92 Å². The van der Waals surface area contributed by atoms with E-state index in [2.05, 4.69) is 17.1 Å². The predicted molar refractivity (Wildman–Crippen MR) is 78.5 cm³/mol. The van der Waals surface area contributed by atoms with Crippen LogP contribution in [0, 0.1) is 5.92 Å². The highest BCUT2D eigenvalue weighted by atomic mass is 32.1. The molecule has 0 heterocycles. The highest BCUT2D eigenvalue weighted by molar-refractivity contribution is 7.80. The summed E-state index contributed by atoms with van der Waals surface area (Å²) in [5.74, 6) is 0.276. The number of rotatable bonds is 7. The average Bonchev–Trinajstić information content (AvgIpc) is 2.80. The van der Waals surface area contributed by atoms with Gasteiger partial charge in [0.2, 0.25) is 5.91 Å². The van der Waals surface area contributed by atoms with Gasteiger partial charge in [-0.2, -0.15) is 0 Å². The summed E-state index contributed by atoms with van der Waals surface area (Å²) in [6, 6.07) is 0.393. The van der Waals surface area contributed by atoms with Gasteiger partial charge in [-0.3, -0.25) is 9.69 Å². The molecular weight excluding hydrogens is 246 g/mol. The topological polar surface area (TPSA) is 58.4 Å². The lowest BCUT2D eigenvalue weighted by molar-refractivity contribution is -0.122. The summed E-state index contributed by atoms with van der Waals surface area (Å²) in [5, 5.41) is 3.10. The fourth-order valence-electron chi connectivity index (χ4n) is 2.33. The van der Waals surface area contributed by atoms with E-state index in [4.69, 9.17) is 18.0 Å². The summed E-state index contributed by atoms with van der Waals surface area (Å²) < 4.78 is 0. The fraction of sp³-hybridized carbons (Fsp3) is 0.846. The van der Waals surface area contributed by atoms with Gasteiger partial charge in [0.15, 0.2) is 0 Å². The molecule has 1 aliphatic rings. The number of nitrogens with two attached hydrogens (primary N) is 1. The number of nitrogens with one attached hydrogen (secondary N) is 1. The molecule has 104 valence electrons. The monoisotopic (exact) mass is 271 g/mol. The molecule has 1 saturated carbocycles. The minimum absolute atomic E-state index is 0.124. The number of carbonyl (C=O) groups is 1. The number of hydrogen-bond acceptors (Lipinski definition) is 3. The molecule has 0 aromatic carbocycles. The molecule has 1 atom stereocenters. The summed E-state index contributed by atoms with van der Waals surface area (Å²) >= 11 is 4.96. The molecule has 0 aromatic rings. The van der Waals surface area contributed by atoms with Gasteiger partial charge in [0.25, 0.3) is 0 Å². The van der Waals surface area contributed by atoms with Gasteiger partial charge in [-0.25, -0.2) is 0 Å². The highest BCUT2D eigenvalue weighted by Crippen LogP contribution is 2.17. The molecule has 1 aliphatic carbocycles. The Hall–Kier alpha value is -0.680. The van der Waals surface area contributed by atoms with Crippen molar-refractivity contribution in [3.63, 3.8) is 0 Å². The molecule has 0 bridgehead atoms. The van der Waals surface area contributed by atoms with Crippen LogP contribution in [-0.2, 0) is 4.79 Å². The van der Waals surface area contributed by atoms with Crippen LogP contribution in [0.15, 0.2) is 0 Å². The Morgan fingerprint density at radius 3 is 2.61 bits per heavy atom. The van der Waals surface area contributed by atoms with Crippen LogP contribution in [0.1, 0.15) is 39.5 Å². The molecule has 5 heteroatoms. The predicted octanol–water partition coefficient (Wildman–Crippen LogP) is 1.29. The van der Waals surface area contributed by atoms with Crippen LogP contribution >= 0.6 is 12.2 Å². The Morgan fingerprint density at radius 1 is 1.50 bits per heavy atom. The van der Waals surface area contributed by atoms with Gasteiger partial charge < -0.3 is 11.1 Å². The van der Waals surface area contributed by atoms with Crippen LogP contribution in [-0.4, -0.2) is 41.5 Å². The fourth-order valence-corrected chi connectivity index (χ4v) is 2.40. The lowest BCUT2D eigenvalue weighted by atomic mass is 10.1. The van der Waals surface area contributed by atoms with Crippen molar-refractivity contribution in [1.82, 2.24) is 10.2 Å². The first kappa shape index (κ1) is 15.4. The summed E-state index contributed by atoms with van der Waals surface area (Å²) in [5.41, 5.74) is 5.61. The van der Waals surface area contributed by atoms with Crippen molar-refractivity contribution in [3.05, 3.63) is 0 Å². The van der Waals surface area contributed by atoms with E-state index in [1.54, 1.807) is 0 Å². The summed E-state index contributed by atoms with van der Waals surface area (Å²) in [7, 11) is 0. The number of nitrogens with zero attached hydrogens (tertiary/aromatic N) is 1. The van der Waals surface area contributed by atoms with Crippen LogP contribution in [0.25, 0.3) is 0 Å². The summed E-state index contributed by atoms with van der Waals surface area (Å²) in [6.45, 7) is 6.09. The van der Waals surface area contributed by atoms with E-state index in [0.717, 1.165) is 25.9 Å². The number of likely N-dealkylation sites (N-methyl/N-ethyl adjacent to an activating group) is 1. The van der Waals surface area contributed by atoms with Crippen molar-refractivity contribution in [2.75, 3.05) is 19.6 Å². The maximum Gasteiger partial charge on any atom is 0.234 e. The van der Waals surface area contributed by atoms with E-state index < -0.39 is 0 Å². The molecule has 1 unspecified atom stereocenters. The largest absolute Gasteiger partial charge is 0.393 e. The summed E-state index contributed by atoms with van der Waals surface area (Å²) in [4.78, 5) is 14.5. The van der Waals surface area contributed by atoms with Crippen LogP contribution in [0.5, 0.6) is 0 Å². The standard InChI is InChI=1S/C13H25N3OS/c1-3-16(8-10(2)13(14)18)9-12(17)15-11-6-4-5-7-11/h10-11H,3-9H2,1-2H3,(H2,14,18)(H,15,17). The Morgan fingerprint density at radius 2 is 2.11 bits per heavy atom. The zero-order valence-corrected chi connectivity index (χ0v) is 12.3. The third-order valence-corrected chi connectivity index (χ3v) is 3.95. The Labute approximate surface area is 115 Å². The second kappa shape index (κ2) is 7.69. The molecule has 0 aliphatic heterocycles. The molecular formula is C13H25N3OS. The maximum atomic E-state index is 11.9. The zero-order chi connectivity index (χ0) is 13.5. The second-order valence-corrected chi connectivity index (χ2v) is 5.65. The summed E-state index contributed by atoms with van der Waals surface area (Å²) in [6.07, 6.45) is 4.73. The van der Waals surface area contributed by atoms with Gasteiger partial charge in [-0.1, -0.05) is 38.9 Å². The molecule has 0 aromatic heterocycles. The van der Waals surface area contributed by atoms with Crippen LogP contribution in [0.3, 0.4) is 0 Å². The first-order valence-corrected chi connectivity index (χ1v) is 7.24. The number of hydrogen-bond donors (Lipinski definition) is 2. The molecule has 3 N–H and O–H groups in total. The Balaban J connectivity index is 2.32. The molecule has 1 rings (SSSR count). The number of amides is 1. The van der Waals surface area contributed by atoms with Gasteiger partial charge in [0, 0.05) is 18.5 Å². The number of thiocarbonyl (C=S) groups is 1. The highest BCUT2D eigenvalue weighted by Gasteiger charge is 2.19. The van der Waals surface area contributed by atoms with Gasteiger partial charge >= 0.3 is 0 Å². The van der Waals surface area contributed by atoms with Crippen LogP contribution in [0.4, 0.5) is 0 Å². The molecule has 4 nitrogen and oxygen atoms in total. The molecule has 1 amide bonds. The minimum Gasteiger partial charge on any atom is -0.393 e. The third-order valence-electron chi connectivity index (χ3n) is 3.55. The average molecular weight is 271 g/mol. The van der Waals surface area contributed by atoms with Crippen LogP contribution in [0.2, 0.25) is 0 Å². The van der Waals surface area contributed by atoms with Gasteiger partial charge in [-0.05, 0) is 19.4 Å². The van der Waals surface area contributed by atoms with E-state index in [0.29, 0.717) is 17.6 Å². The lowest BCUT2D eigenvalue weighted by Gasteiger charge is -2.24. The van der Waals surface area contributed by atoms with Crippen molar-refractivity contribution in [1.29, 1.82) is 0 Å². The number of carbonyl (C=O) groups excluding carboxylic acids is 1. The Bertz CT molecular complexity index is 290. The smallest absolute Gasteiger partial charge is 0.234 e. The van der Waals surface area contributed by atoms with Crippen molar-refractivity contribution < 1.29 is 4.79 Å². The van der Waals surface area contributed by atoms with Gasteiger partial charge in [0.05, 0.1) is 11.5 Å². The molecule has 18 heavy (non-hydrogen) atoms. The zero-order valence-electron chi connectivity index (χ0n) is 11.4. The molecule has 0 spiro atoms. The lowest BCUT2D eigenvalue weighted by Crippen LogP contribution is -2.43. The van der Waals surface area contributed by atoms with Crippen LogP contribution < -0.4 is 11.1 Å². The van der Waals surface area contributed by atoms with Gasteiger partial charge in [0.1, 0.15) is 0 Å². The SMILES string of the molecule is CCN(CC(=O)NC1CCCC1)CC(C)C(N)=S. The van der Waals surface area contributed by atoms with E-state index >= 15 is 0 Å². The van der Waals surface area contributed by atoms with E-state index in [9.17, 15) is 4.79 Å². The van der Waals surface area contributed by atoms with Crippen molar-refractivity contribution in [2.24, 2.45) is 11.7 Å². The van der Waals surface area contributed by atoms with Crippen molar-refractivity contribution in [2.45, 2.75) is 45.6 Å². The third kappa shape index (κ3) is 5.31. The Kier molecular flexibility index (Phi) is 6.57. The second-order valence-electron chi connectivity index (χ2n) is 5.18. The van der Waals surface area contributed by atoms with E-state index in [-0.39, 0.29) is 11.8 Å². The first-order valence-electron chi connectivity index (χ1n) is 6.84. The first-order chi connectivity index (χ1) is 8.52. The maximum absolute atomic E-state index is 11.9. The van der Waals surface area contributed by atoms with E-state index in [1.165, 1.54) is 12.8 Å².